The molecular weight excluding hydrogens is 233 g/mol. The summed E-state index contributed by atoms with van der Waals surface area (Å²) in [4.78, 5) is 3.89. The highest BCUT2D eigenvalue weighted by Crippen LogP contribution is 2.34. The van der Waals surface area contributed by atoms with Crippen LogP contribution >= 0.6 is 23.2 Å². The second kappa shape index (κ2) is 4.66. The van der Waals surface area contributed by atoms with E-state index in [1.54, 1.807) is 0 Å². The van der Waals surface area contributed by atoms with Gasteiger partial charge in [-0.1, -0.05) is 23.2 Å². The lowest BCUT2D eigenvalue weighted by molar-refractivity contribution is 0.415. The summed E-state index contributed by atoms with van der Waals surface area (Å²) in [5, 5.41) is 0.960. The van der Waals surface area contributed by atoms with Crippen molar-refractivity contribution in [2.75, 3.05) is 0 Å². The van der Waals surface area contributed by atoms with E-state index in [2.05, 4.69) is 4.98 Å². The fourth-order valence-corrected chi connectivity index (χ4v) is 2.52. The van der Waals surface area contributed by atoms with E-state index in [1.165, 1.54) is 12.4 Å². The Hall–Kier alpha value is -0.350. The smallest absolute Gasteiger partial charge is 0.0654 e. The average molecular weight is 248 g/mol. The molecule has 0 aliphatic carbocycles. The Morgan fingerprint density at radius 3 is 2.27 bits per heavy atom. The van der Waals surface area contributed by atoms with Crippen LogP contribution in [-0.2, 0) is 5.54 Å². The molecule has 1 aromatic rings. The van der Waals surface area contributed by atoms with E-state index in [-0.39, 0.29) is 6.04 Å². The molecule has 0 aliphatic heterocycles. The molecule has 0 amide bonds. The molecule has 3 nitrogen and oxygen atoms in total. The van der Waals surface area contributed by atoms with E-state index in [0.717, 1.165) is 0 Å². The van der Waals surface area contributed by atoms with Crippen molar-refractivity contribution in [3.05, 3.63) is 28.0 Å². The third-order valence-corrected chi connectivity index (χ3v) is 2.74. The van der Waals surface area contributed by atoms with Gasteiger partial charge in [-0.25, -0.2) is 0 Å². The van der Waals surface area contributed by atoms with Crippen LogP contribution in [0.2, 0.25) is 10.0 Å². The van der Waals surface area contributed by atoms with Gasteiger partial charge < -0.3 is 11.5 Å². The fraction of sp³-hybridized carbons (Fsp3) is 0.500. The lowest BCUT2D eigenvalue weighted by Crippen LogP contribution is -2.39. The minimum atomic E-state index is -0.634. The van der Waals surface area contributed by atoms with Crippen molar-refractivity contribution in [3.8, 4) is 0 Å². The number of halogens is 2. The third kappa shape index (κ3) is 3.05. The summed E-state index contributed by atoms with van der Waals surface area (Å²) in [7, 11) is 0. The van der Waals surface area contributed by atoms with Crippen LogP contribution in [0.1, 0.15) is 25.8 Å². The summed E-state index contributed by atoms with van der Waals surface area (Å²) in [6, 6.07) is -0.0136. The molecule has 2 unspecified atom stereocenters. The van der Waals surface area contributed by atoms with Crippen molar-refractivity contribution < 1.29 is 0 Å². The van der Waals surface area contributed by atoms with E-state index in [9.17, 15) is 0 Å². The van der Waals surface area contributed by atoms with Crippen molar-refractivity contribution in [2.45, 2.75) is 31.8 Å². The number of rotatable bonds is 3. The zero-order valence-electron chi connectivity index (χ0n) is 8.80. The van der Waals surface area contributed by atoms with Gasteiger partial charge in [-0.15, -0.1) is 0 Å². The van der Waals surface area contributed by atoms with Crippen LogP contribution in [0.25, 0.3) is 0 Å². The largest absolute Gasteiger partial charge is 0.328 e. The van der Waals surface area contributed by atoms with Gasteiger partial charge in [0.2, 0.25) is 0 Å². The minimum absolute atomic E-state index is 0.0136. The van der Waals surface area contributed by atoms with E-state index in [4.69, 9.17) is 34.7 Å². The van der Waals surface area contributed by atoms with Crippen LogP contribution in [0, 0.1) is 0 Å². The summed E-state index contributed by atoms with van der Waals surface area (Å²) in [6.07, 6.45) is 3.68. The fourth-order valence-electron chi connectivity index (χ4n) is 1.73. The molecule has 4 N–H and O–H groups in total. The van der Waals surface area contributed by atoms with Crippen molar-refractivity contribution in [3.63, 3.8) is 0 Å². The van der Waals surface area contributed by atoms with Gasteiger partial charge in [0.25, 0.3) is 0 Å². The lowest BCUT2D eigenvalue weighted by Gasteiger charge is -2.28. The van der Waals surface area contributed by atoms with Gasteiger partial charge in [-0.05, 0) is 20.3 Å². The molecule has 0 aliphatic rings. The van der Waals surface area contributed by atoms with E-state index >= 15 is 0 Å². The van der Waals surface area contributed by atoms with E-state index in [1.807, 2.05) is 13.8 Å². The molecule has 5 heteroatoms. The standard InChI is InChI=1S/C10H15Cl2N3/c1-6(13)3-10(2,14)9-7(11)4-15-5-8(9)12/h4-6H,3,13-14H2,1-2H3. The highest BCUT2D eigenvalue weighted by molar-refractivity contribution is 6.35. The first-order valence-corrected chi connectivity index (χ1v) is 5.44. The first-order chi connectivity index (χ1) is 6.84. The van der Waals surface area contributed by atoms with Gasteiger partial charge in [-0.3, -0.25) is 4.98 Å². The Balaban J connectivity index is 3.14. The topological polar surface area (TPSA) is 64.9 Å². The zero-order valence-corrected chi connectivity index (χ0v) is 10.3. The molecule has 1 rings (SSSR count). The van der Waals surface area contributed by atoms with Crippen LogP contribution in [0.5, 0.6) is 0 Å². The van der Waals surface area contributed by atoms with E-state index < -0.39 is 5.54 Å². The van der Waals surface area contributed by atoms with Gasteiger partial charge in [0.15, 0.2) is 0 Å². The highest BCUT2D eigenvalue weighted by Gasteiger charge is 2.27. The SMILES string of the molecule is CC(N)CC(C)(N)c1c(Cl)cncc1Cl. The first-order valence-electron chi connectivity index (χ1n) is 4.68. The average Bonchev–Trinajstić information content (AvgIpc) is 1.99. The summed E-state index contributed by atoms with van der Waals surface area (Å²) in [5.74, 6) is 0. The number of nitrogens with two attached hydrogens (primary N) is 2. The monoisotopic (exact) mass is 247 g/mol. The molecule has 0 aromatic carbocycles. The van der Waals surface area contributed by atoms with Crippen LogP contribution in [0.3, 0.4) is 0 Å². The molecule has 0 bridgehead atoms. The van der Waals surface area contributed by atoms with Crippen molar-refractivity contribution >= 4 is 23.2 Å². The van der Waals surface area contributed by atoms with Crippen LogP contribution < -0.4 is 11.5 Å². The second-order valence-electron chi connectivity index (χ2n) is 4.08. The summed E-state index contributed by atoms with van der Waals surface area (Å²) in [6.45, 7) is 3.76. The molecule has 0 saturated carbocycles. The molecule has 0 radical (unpaired) electrons. The number of hydrogen-bond donors (Lipinski definition) is 2. The second-order valence-corrected chi connectivity index (χ2v) is 4.89. The maximum atomic E-state index is 6.16. The van der Waals surface area contributed by atoms with Gasteiger partial charge in [0.1, 0.15) is 0 Å². The van der Waals surface area contributed by atoms with Gasteiger partial charge in [0.05, 0.1) is 10.0 Å². The van der Waals surface area contributed by atoms with Crippen LogP contribution in [0.4, 0.5) is 0 Å². The van der Waals surface area contributed by atoms with Crippen molar-refractivity contribution in [2.24, 2.45) is 11.5 Å². The summed E-state index contributed by atoms with van der Waals surface area (Å²) >= 11 is 12.1. The van der Waals surface area contributed by atoms with Gasteiger partial charge >= 0.3 is 0 Å². The molecule has 0 fully saturated rings. The Morgan fingerprint density at radius 1 is 1.40 bits per heavy atom. The number of nitrogens with zero attached hydrogens (tertiary/aromatic N) is 1. The molecule has 1 aromatic heterocycles. The quantitative estimate of drug-likeness (QED) is 0.862. The summed E-state index contributed by atoms with van der Waals surface area (Å²) < 4.78 is 0. The minimum Gasteiger partial charge on any atom is -0.328 e. The predicted octanol–water partition coefficient (Wildman–Crippen LogP) is 2.30. The molecule has 0 spiro atoms. The summed E-state index contributed by atoms with van der Waals surface area (Å²) in [5.41, 5.74) is 12.0. The van der Waals surface area contributed by atoms with Crippen LogP contribution in [-0.4, -0.2) is 11.0 Å². The van der Waals surface area contributed by atoms with Crippen molar-refractivity contribution in [1.82, 2.24) is 4.98 Å². The third-order valence-electron chi connectivity index (χ3n) is 2.17. The van der Waals surface area contributed by atoms with Crippen LogP contribution in [0.15, 0.2) is 12.4 Å². The van der Waals surface area contributed by atoms with E-state index in [0.29, 0.717) is 22.0 Å². The molecule has 1 heterocycles. The van der Waals surface area contributed by atoms with Gasteiger partial charge in [0, 0.05) is 29.5 Å². The molecular formula is C10H15Cl2N3. The first kappa shape index (κ1) is 12.7. The number of hydrogen-bond acceptors (Lipinski definition) is 3. The lowest BCUT2D eigenvalue weighted by atomic mass is 9.88. The predicted molar refractivity (Wildman–Crippen MR) is 64.1 cm³/mol. The maximum absolute atomic E-state index is 6.16. The normalized spacial score (nSPS) is 17.2. The Bertz CT molecular complexity index is 330. The molecule has 84 valence electrons. The highest BCUT2D eigenvalue weighted by atomic mass is 35.5. The molecule has 15 heavy (non-hydrogen) atoms. The Labute approximate surface area is 99.8 Å². The van der Waals surface area contributed by atoms with Crippen molar-refractivity contribution in [1.29, 1.82) is 0 Å². The Kier molecular flexibility index (Phi) is 3.95. The zero-order chi connectivity index (χ0) is 11.6. The van der Waals surface area contributed by atoms with Gasteiger partial charge in [-0.2, -0.15) is 0 Å². The number of pyridine rings is 1. The molecule has 2 atom stereocenters. The maximum Gasteiger partial charge on any atom is 0.0654 e. The number of aromatic nitrogens is 1. The molecule has 0 saturated heterocycles. The Morgan fingerprint density at radius 2 is 1.87 bits per heavy atom.